The number of carbonyl (C=O) groups is 3. The van der Waals surface area contributed by atoms with Gasteiger partial charge in [-0.3, -0.25) is 19.3 Å². The molecule has 1 saturated heterocycles. The van der Waals surface area contributed by atoms with Crippen LogP contribution in [0.15, 0.2) is 42.5 Å². The highest BCUT2D eigenvalue weighted by Crippen LogP contribution is 2.23. The molecular formula is C28H35N3O3. The van der Waals surface area contributed by atoms with E-state index in [0.29, 0.717) is 32.7 Å². The van der Waals surface area contributed by atoms with Gasteiger partial charge in [0.15, 0.2) is 5.78 Å². The van der Waals surface area contributed by atoms with Gasteiger partial charge < -0.3 is 10.2 Å². The number of piperazine rings is 1. The minimum Gasteiger partial charge on any atom is -0.340 e. The number of para-hydroxylation sites is 1. The van der Waals surface area contributed by atoms with E-state index in [2.05, 4.69) is 23.2 Å². The predicted molar refractivity (Wildman–Crippen MR) is 134 cm³/mol. The molecule has 2 aromatic carbocycles. The third-order valence-electron chi connectivity index (χ3n) is 7.00. The molecule has 1 heterocycles. The highest BCUT2D eigenvalue weighted by Gasteiger charge is 2.23. The molecule has 4 rings (SSSR count). The van der Waals surface area contributed by atoms with Crippen molar-refractivity contribution in [3.63, 3.8) is 0 Å². The van der Waals surface area contributed by atoms with E-state index < -0.39 is 0 Å². The first-order chi connectivity index (χ1) is 16.5. The van der Waals surface area contributed by atoms with Gasteiger partial charge in [0.1, 0.15) is 0 Å². The molecular weight excluding hydrogens is 426 g/mol. The van der Waals surface area contributed by atoms with Gasteiger partial charge in [0.05, 0.1) is 6.54 Å². The van der Waals surface area contributed by atoms with Crippen molar-refractivity contribution in [1.82, 2.24) is 9.80 Å². The summed E-state index contributed by atoms with van der Waals surface area (Å²) >= 11 is 0. The second-order valence-corrected chi connectivity index (χ2v) is 9.33. The summed E-state index contributed by atoms with van der Waals surface area (Å²) in [7, 11) is 0. The summed E-state index contributed by atoms with van der Waals surface area (Å²) in [4.78, 5) is 41.7. The summed E-state index contributed by atoms with van der Waals surface area (Å²) in [6.07, 6.45) is 5.90. The average molecular weight is 462 g/mol. The molecule has 180 valence electrons. The first kappa shape index (κ1) is 24.1. The lowest BCUT2D eigenvalue weighted by molar-refractivity contribution is -0.133. The zero-order chi connectivity index (χ0) is 23.9. The van der Waals surface area contributed by atoms with Crippen molar-refractivity contribution >= 4 is 23.3 Å². The van der Waals surface area contributed by atoms with Crippen molar-refractivity contribution < 1.29 is 14.4 Å². The van der Waals surface area contributed by atoms with Crippen LogP contribution in [0, 0.1) is 0 Å². The first-order valence-corrected chi connectivity index (χ1v) is 12.6. The number of fused-ring (bicyclic) bond motifs is 1. The number of Topliss-reactive ketones (excluding diaryl/α,β-unsaturated/α-hetero) is 1. The molecule has 0 unspecified atom stereocenters. The van der Waals surface area contributed by atoms with Gasteiger partial charge >= 0.3 is 0 Å². The maximum Gasteiger partial charge on any atom is 0.238 e. The van der Waals surface area contributed by atoms with E-state index in [9.17, 15) is 14.4 Å². The number of amides is 2. The van der Waals surface area contributed by atoms with Gasteiger partial charge in [-0.05, 0) is 60.9 Å². The Balaban J connectivity index is 1.20. The largest absolute Gasteiger partial charge is 0.340 e. The number of nitrogens with zero attached hydrogens (tertiary/aromatic N) is 2. The molecule has 0 saturated carbocycles. The van der Waals surface area contributed by atoms with Gasteiger partial charge in [0.25, 0.3) is 0 Å². The fourth-order valence-electron chi connectivity index (χ4n) is 4.93. The molecule has 0 radical (unpaired) electrons. The van der Waals surface area contributed by atoms with Crippen LogP contribution in [0.4, 0.5) is 5.69 Å². The Labute approximate surface area is 202 Å². The molecule has 2 aliphatic rings. The van der Waals surface area contributed by atoms with Gasteiger partial charge in [-0.15, -0.1) is 0 Å². The summed E-state index contributed by atoms with van der Waals surface area (Å²) < 4.78 is 0. The first-order valence-electron chi connectivity index (χ1n) is 12.6. The number of aryl methyl sites for hydroxylation is 3. The highest BCUT2D eigenvalue weighted by molar-refractivity contribution is 5.98. The fourth-order valence-corrected chi connectivity index (χ4v) is 4.93. The molecule has 2 aromatic rings. The van der Waals surface area contributed by atoms with Crippen LogP contribution in [0.5, 0.6) is 0 Å². The molecule has 1 fully saturated rings. The fraction of sp³-hybridized carbons (Fsp3) is 0.464. The number of benzene rings is 2. The van der Waals surface area contributed by atoms with Crippen molar-refractivity contribution in [2.24, 2.45) is 0 Å². The van der Waals surface area contributed by atoms with Gasteiger partial charge in [0.2, 0.25) is 11.8 Å². The lowest BCUT2D eigenvalue weighted by Gasteiger charge is -2.34. The summed E-state index contributed by atoms with van der Waals surface area (Å²) in [5.74, 6) is 0.0352. The Hall–Kier alpha value is -2.99. The average Bonchev–Trinajstić information content (AvgIpc) is 2.87. The Morgan fingerprint density at radius 3 is 2.38 bits per heavy atom. The zero-order valence-electron chi connectivity index (χ0n) is 20.1. The number of hydrogen-bond acceptors (Lipinski definition) is 4. The van der Waals surface area contributed by atoms with Gasteiger partial charge in [0, 0.05) is 50.3 Å². The molecule has 6 nitrogen and oxygen atoms in total. The second-order valence-electron chi connectivity index (χ2n) is 9.33. The topological polar surface area (TPSA) is 69.7 Å². The van der Waals surface area contributed by atoms with Crippen LogP contribution >= 0.6 is 0 Å². The van der Waals surface area contributed by atoms with Gasteiger partial charge in [-0.25, -0.2) is 0 Å². The van der Waals surface area contributed by atoms with Crippen LogP contribution in [0.2, 0.25) is 0 Å². The standard InChI is InChI=1S/C28H35N3O3/c1-2-21-7-5-6-10-25(21)29-27(33)20-30-15-17-31(18-16-30)28(34)14-13-26(32)24-12-11-22-8-3-4-9-23(22)19-24/h5-7,10-12,19H,2-4,8-9,13-18,20H2,1H3,(H,29,33). The lowest BCUT2D eigenvalue weighted by atomic mass is 9.89. The lowest BCUT2D eigenvalue weighted by Crippen LogP contribution is -2.50. The van der Waals surface area contributed by atoms with E-state index in [1.807, 2.05) is 41.3 Å². The van der Waals surface area contributed by atoms with E-state index in [1.165, 1.54) is 24.0 Å². The molecule has 0 aromatic heterocycles. The third kappa shape index (κ3) is 6.11. The summed E-state index contributed by atoms with van der Waals surface area (Å²) in [5, 5.41) is 3.01. The molecule has 1 aliphatic heterocycles. The number of ketones is 1. The Kier molecular flexibility index (Phi) is 8.12. The van der Waals surface area contributed by atoms with Crippen LogP contribution in [-0.4, -0.2) is 60.1 Å². The van der Waals surface area contributed by atoms with E-state index in [4.69, 9.17) is 0 Å². The molecule has 1 aliphatic carbocycles. The Morgan fingerprint density at radius 1 is 0.882 bits per heavy atom. The van der Waals surface area contributed by atoms with Crippen molar-refractivity contribution in [3.05, 3.63) is 64.7 Å². The number of nitrogens with one attached hydrogen (secondary N) is 1. The maximum absolute atomic E-state index is 12.7. The van der Waals surface area contributed by atoms with E-state index in [-0.39, 0.29) is 30.4 Å². The molecule has 1 N–H and O–H groups in total. The van der Waals surface area contributed by atoms with Crippen molar-refractivity contribution in [2.75, 3.05) is 38.0 Å². The van der Waals surface area contributed by atoms with Crippen LogP contribution in [-0.2, 0) is 28.9 Å². The SMILES string of the molecule is CCc1ccccc1NC(=O)CN1CCN(C(=O)CCC(=O)c2ccc3c(c2)CCCC3)CC1. The minimum absolute atomic E-state index is 0.0206. The number of hydrogen-bond donors (Lipinski definition) is 1. The maximum atomic E-state index is 12.7. The smallest absolute Gasteiger partial charge is 0.238 e. The zero-order valence-corrected chi connectivity index (χ0v) is 20.1. The van der Waals surface area contributed by atoms with Gasteiger partial charge in [-0.1, -0.05) is 37.3 Å². The summed E-state index contributed by atoms with van der Waals surface area (Å²) in [5.41, 5.74) is 5.37. The Bertz CT molecular complexity index is 1040. The van der Waals surface area contributed by atoms with E-state index in [0.717, 1.165) is 36.1 Å². The third-order valence-corrected chi connectivity index (χ3v) is 7.00. The summed E-state index contributed by atoms with van der Waals surface area (Å²) in [6.45, 7) is 4.88. The summed E-state index contributed by atoms with van der Waals surface area (Å²) in [6, 6.07) is 13.9. The second kappa shape index (κ2) is 11.4. The van der Waals surface area contributed by atoms with Gasteiger partial charge in [-0.2, -0.15) is 0 Å². The number of rotatable bonds is 8. The van der Waals surface area contributed by atoms with Crippen LogP contribution in [0.3, 0.4) is 0 Å². The van der Waals surface area contributed by atoms with Crippen LogP contribution in [0.25, 0.3) is 0 Å². The van der Waals surface area contributed by atoms with Crippen molar-refractivity contribution in [1.29, 1.82) is 0 Å². The minimum atomic E-state index is -0.0312. The number of carbonyl (C=O) groups excluding carboxylic acids is 3. The Morgan fingerprint density at radius 2 is 1.62 bits per heavy atom. The van der Waals surface area contributed by atoms with E-state index >= 15 is 0 Å². The van der Waals surface area contributed by atoms with E-state index in [1.54, 1.807) is 0 Å². The van der Waals surface area contributed by atoms with Crippen molar-refractivity contribution in [3.8, 4) is 0 Å². The molecule has 0 bridgehead atoms. The van der Waals surface area contributed by atoms with Crippen LogP contribution in [0.1, 0.15) is 59.7 Å². The normalized spacial score (nSPS) is 16.1. The monoisotopic (exact) mass is 461 g/mol. The number of anilines is 1. The molecule has 6 heteroatoms. The molecule has 34 heavy (non-hydrogen) atoms. The molecule has 2 amide bonds. The predicted octanol–water partition coefficient (Wildman–Crippen LogP) is 3.87. The highest BCUT2D eigenvalue weighted by atomic mass is 16.2. The molecule has 0 atom stereocenters. The van der Waals surface area contributed by atoms with Crippen molar-refractivity contribution in [2.45, 2.75) is 51.9 Å². The van der Waals surface area contributed by atoms with Crippen LogP contribution < -0.4 is 5.32 Å². The quantitative estimate of drug-likeness (QED) is 0.606. The molecule has 0 spiro atoms.